The predicted octanol–water partition coefficient (Wildman–Crippen LogP) is 2.61. The quantitative estimate of drug-likeness (QED) is 0.857. The summed E-state index contributed by atoms with van der Waals surface area (Å²) in [5.41, 5.74) is 0. The van der Waals surface area contributed by atoms with Crippen molar-refractivity contribution in [2.24, 2.45) is 0 Å². The summed E-state index contributed by atoms with van der Waals surface area (Å²) in [6.45, 7) is 0.394. The first-order valence-electron chi connectivity index (χ1n) is 7.66. The first kappa shape index (κ1) is 14.8. The molecule has 0 bridgehead atoms. The Morgan fingerprint density at radius 3 is 2.61 bits per heavy atom. The van der Waals surface area contributed by atoms with Crippen molar-refractivity contribution in [3.63, 3.8) is 0 Å². The highest BCUT2D eigenvalue weighted by molar-refractivity contribution is 7.89. The van der Waals surface area contributed by atoms with Crippen molar-refractivity contribution in [3.8, 4) is 0 Å². The molecule has 2 aromatic rings. The van der Waals surface area contributed by atoms with Crippen LogP contribution in [0.4, 0.5) is 4.39 Å². The Morgan fingerprint density at radius 1 is 1.17 bits per heavy atom. The molecule has 0 radical (unpaired) electrons. The highest BCUT2D eigenvalue weighted by Gasteiger charge is 2.40. The number of nitrogens with zero attached hydrogens (tertiary/aromatic N) is 3. The Morgan fingerprint density at radius 2 is 1.91 bits per heavy atom. The molecule has 1 saturated carbocycles. The van der Waals surface area contributed by atoms with E-state index in [1.165, 1.54) is 16.4 Å². The van der Waals surface area contributed by atoms with Gasteiger partial charge in [0.05, 0.1) is 4.90 Å². The van der Waals surface area contributed by atoms with Crippen molar-refractivity contribution < 1.29 is 17.3 Å². The van der Waals surface area contributed by atoms with Crippen LogP contribution in [0.15, 0.2) is 33.7 Å². The minimum atomic E-state index is -3.71. The third kappa shape index (κ3) is 2.66. The number of sulfonamides is 1. The van der Waals surface area contributed by atoms with Gasteiger partial charge in [-0.2, -0.15) is 9.29 Å². The third-order valence-corrected chi connectivity index (χ3v) is 6.23. The molecular formula is C15H16FN3O3S. The molecule has 1 atom stereocenters. The highest BCUT2D eigenvalue weighted by Crippen LogP contribution is 2.40. The molecule has 1 aliphatic carbocycles. The molecule has 0 spiro atoms. The number of hydrogen-bond donors (Lipinski definition) is 0. The Bertz CT molecular complexity index is 815. The zero-order valence-electron chi connectivity index (χ0n) is 12.4. The molecule has 0 amide bonds. The molecule has 1 aromatic heterocycles. The zero-order valence-corrected chi connectivity index (χ0v) is 13.2. The molecule has 2 heterocycles. The van der Waals surface area contributed by atoms with Crippen molar-refractivity contribution >= 4 is 10.0 Å². The van der Waals surface area contributed by atoms with E-state index in [9.17, 15) is 12.8 Å². The molecule has 0 N–H and O–H groups in total. The monoisotopic (exact) mass is 337 g/mol. The van der Waals surface area contributed by atoms with Gasteiger partial charge in [-0.1, -0.05) is 5.16 Å². The highest BCUT2D eigenvalue weighted by atomic mass is 32.2. The van der Waals surface area contributed by atoms with Crippen molar-refractivity contribution in [3.05, 3.63) is 41.8 Å². The second-order valence-corrected chi connectivity index (χ2v) is 7.88. The van der Waals surface area contributed by atoms with E-state index in [0.29, 0.717) is 30.6 Å². The van der Waals surface area contributed by atoms with Gasteiger partial charge in [0.2, 0.25) is 15.9 Å². The minimum Gasteiger partial charge on any atom is -0.338 e. The van der Waals surface area contributed by atoms with Gasteiger partial charge in [0, 0.05) is 12.5 Å². The first-order valence-corrected chi connectivity index (χ1v) is 9.10. The minimum absolute atomic E-state index is 0.0766. The summed E-state index contributed by atoms with van der Waals surface area (Å²) in [4.78, 5) is 4.46. The fourth-order valence-electron chi connectivity index (χ4n) is 2.91. The van der Waals surface area contributed by atoms with Crippen LogP contribution in [0.1, 0.15) is 49.4 Å². The Labute approximate surface area is 133 Å². The number of halogens is 1. The van der Waals surface area contributed by atoms with Crippen molar-refractivity contribution in [1.82, 2.24) is 14.4 Å². The summed E-state index contributed by atoms with van der Waals surface area (Å²) in [5.74, 6) is 0.921. The van der Waals surface area contributed by atoms with E-state index in [1.807, 2.05) is 0 Å². The van der Waals surface area contributed by atoms with Crippen LogP contribution in [0, 0.1) is 5.82 Å². The maximum Gasteiger partial charge on any atom is 0.245 e. The number of benzene rings is 1. The van der Waals surface area contributed by atoms with Gasteiger partial charge in [-0.25, -0.2) is 12.8 Å². The maximum absolute atomic E-state index is 13.0. The van der Waals surface area contributed by atoms with Crippen LogP contribution in [0.3, 0.4) is 0 Å². The number of hydrogen-bond acceptors (Lipinski definition) is 5. The molecule has 1 unspecified atom stereocenters. The van der Waals surface area contributed by atoms with Gasteiger partial charge in [0.15, 0.2) is 5.82 Å². The lowest BCUT2D eigenvalue weighted by atomic mass is 10.2. The molecule has 6 nitrogen and oxygen atoms in total. The van der Waals surface area contributed by atoms with Gasteiger partial charge in [0.1, 0.15) is 11.9 Å². The largest absolute Gasteiger partial charge is 0.338 e. The smallest absolute Gasteiger partial charge is 0.245 e. The summed E-state index contributed by atoms with van der Waals surface area (Å²) in [6, 6.07) is 4.42. The molecule has 1 aliphatic heterocycles. The van der Waals surface area contributed by atoms with E-state index >= 15 is 0 Å². The van der Waals surface area contributed by atoms with E-state index in [-0.39, 0.29) is 4.90 Å². The van der Waals surface area contributed by atoms with E-state index in [1.54, 1.807) is 0 Å². The summed E-state index contributed by atoms with van der Waals surface area (Å²) in [6.07, 6.45) is 3.49. The van der Waals surface area contributed by atoms with E-state index in [0.717, 1.165) is 31.4 Å². The number of rotatable bonds is 4. The van der Waals surface area contributed by atoms with E-state index < -0.39 is 21.9 Å². The Kier molecular flexibility index (Phi) is 3.46. The predicted molar refractivity (Wildman–Crippen MR) is 78.5 cm³/mol. The molecule has 122 valence electrons. The van der Waals surface area contributed by atoms with Crippen LogP contribution in [0.25, 0.3) is 0 Å². The van der Waals surface area contributed by atoms with Crippen LogP contribution in [0.5, 0.6) is 0 Å². The topological polar surface area (TPSA) is 76.3 Å². The Balaban J connectivity index is 1.64. The molecule has 8 heteroatoms. The molecule has 4 rings (SSSR count). The summed E-state index contributed by atoms with van der Waals surface area (Å²) in [5, 5.41) is 3.97. The maximum atomic E-state index is 13.0. The van der Waals surface area contributed by atoms with Crippen molar-refractivity contribution in [2.75, 3.05) is 6.54 Å². The Hall–Kier alpha value is -1.80. The third-order valence-electron chi connectivity index (χ3n) is 4.31. The van der Waals surface area contributed by atoms with Crippen LogP contribution in [-0.2, 0) is 10.0 Å². The standard InChI is InChI=1S/C15H16FN3O3S/c16-11-5-7-12(8-6-11)23(20,21)19-9-1-2-13(19)15-17-14(18-22-15)10-3-4-10/h5-8,10,13H,1-4,9H2. The molecular weight excluding hydrogens is 321 g/mol. The van der Waals surface area contributed by atoms with Crippen LogP contribution in [0.2, 0.25) is 0 Å². The van der Waals surface area contributed by atoms with E-state index in [2.05, 4.69) is 10.1 Å². The lowest BCUT2D eigenvalue weighted by Gasteiger charge is -2.21. The fraction of sp³-hybridized carbons (Fsp3) is 0.467. The normalized spacial score (nSPS) is 22.6. The van der Waals surface area contributed by atoms with Gasteiger partial charge >= 0.3 is 0 Å². The summed E-state index contributed by atoms with van der Waals surface area (Å²) in [7, 11) is -3.71. The van der Waals surface area contributed by atoms with Crippen LogP contribution >= 0.6 is 0 Å². The van der Waals surface area contributed by atoms with Crippen molar-refractivity contribution in [2.45, 2.75) is 42.5 Å². The van der Waals surface area contributed by atoms with Gasteiger partial charge in [-0.15, -0.1) is 0 Å². The second-order valence-electron chi connectivity index (χ2n) is 5.99. The van der Waals surface area contributed by atoms with Gasteiger partial charge in [0.25, 0.3) is 0 Å². The average Bonchev–Trinajstić information content (AvgIpc) is 3.07. The van der Waals surface area contributed by atoms with Crippen molar-refractivity contribution in [1.29, 1.82) is 0 Å². The van der Waals surface area contributed by atoms with Gasteiger partial charge in [-0.05, 0) is 49.9 Å². The molecule has 2 aliphatic rings. The molecule has 2 fully saturated rings. The average molecular weight is 337 g/mol. The van der Waals surface area contributed by atoms with Gasteiger partial charge in [-0.3, -0.25) is 0 Å². The van der Waals surface area contributed by atoms with Gasteiger partial charge < -0.3 is 4.52 Å². The van der Waals surface area contributed by atoms with Crippen LogP contribution in [-0.4, -0.2) is 29.4 Å². The SMILES string of the molecule is O=S(=O)(c1ccc(F)cc1)N1CCCC1c1nc(C2CC2)no1. The summed E-state index contributed by atoms with van der Waals surface area (Å²) >= 11 is 0. The molecule has 1 aromatic carbocycles. The number of aromatic nitrogens is 2. The first-order chi connectivity index (χ1) is 11.1. The zero-order chi connectivity index (χ0) is 16.0. The van der Waals surface area contributed by atoms with Crippen LogP contribution < -0.4 is 0 Å². The lowest BCUT2D eigenvalue weighted by Crippen LogP contribution is -2.30. The fourth-order valence-corrected chi connectivity index (χ4v) is 4.56. The molecule has 1 saturated heterocycles. The molecule has 23 heavy (non-hydrogen) atoms. The lowest BCUT2D eigenvalue weighted by molar-refractivity contribution is 0.289. The second kappa shape index (κ2) is 5.38. The summed E-state index contributed by atoms with van der Waals surface area (Å²) < 4.78 is 45.3. The van der Waals surface area contributed by atoms with E-state index in [4.69, 9.17) is 4.52 Å².